The smallest absolute Gasteiger partial charge is 0.307 e. The van der Waals surface area contributed by atoms with Crippen LogP contribution >= 0.6 is 11.6 Å². The van der Waals surface area contributed by atoms with E-state index in [2.05, 4.69) is 16.0 Å². The molecule has 170 valence electrons. The number of hydrogen-bond acceptors (Lipinski definition) is 6. The lowest BCUT2D eigenvalue weighted by atomic mass is 10.1. The van der Waals surface area contributed by atoms with Crippen molar-refractivity contribution in [1.29, 1.82) is 0 Å². The number of hydrogen-bond donors (Lipinski definition) is 3. The van der Waals surface area contributed by atoms with Gasteiger partial charge in [-0.25, -0.2) is 0 Å². The van der Waals surface area contributed by atoms with Crippen molar-refractivity contribution in [1.82, 2.24) is 10.2 Å². The van der Waals surface area contributed by atoms with E-state index in [1.54, 1.807) is 23.1 Å². The highest BCUT2D eigenvalue weighted by Crippen LogP contribution is 2.26. The van der Waals surface area contributed by atoms with Gasteiger partial charge in [-0.2, -0.15) is 0 Å². The summed E-state index contributed by atoms with van der Waals surface area (Å²) in [5.74, 6) is -1.31. The molecule has 1 fully saturated rings. The van der Waals surface area contributed by atoms with Gasteiger partial charge in [0, 0.05) is 25.2 Å². The van der Waals surface area contributed by atoms with Crippen molar-refractivity contribution < 1.29 is 23.9 Å². The number of benzene rings is 1. The van der Waals surface area contributed by atoms with Gasteiger partial charge in [0.1, 0.15) is 6.04 Å². The molecule has 0 radical (unpaired) electrons. The molecule has 1 saturated heterocycles. The van der Waals surface area contributed by atoms with Crippen molar-refractivity contribution in [2.24, 2.45) is 0 Å². The van der Waals surface area contributed by atoms with E-state index in [9.17, 15) is 19.2 Å². The van der Waals surface area contributed by atoms with Gasteiger partial charge in [-0.1, -0.05) is 25.4 Å². The number of anilines is 2. The lowest BCUT2D eigenvalue weighted by Crippen LogP contribution is -2.57. The molecule has 3 amide bonds. The minimum Gasteiger partial charge on any atom is -0.466 e. The zero-order valence-electron chi connectivity index (χ0n) is 17.8. The minimum absolute atomic E-state index is 0.0953. The van der Waals surface area contributed by atoms with Gasteiger partial charge in [-0.3, -0.25) is 24.1 Å². The summed E-state index contributed by atoms with van der Waals surface area (Å²) in [5.41, 5.74) is 0.869. The van der Waals surface area contributed by atoms with Crippen LogP contribution in [0.25, 0.3) is 0 Å². The first-order chi connectivity index (χ1) is 14.8. The molecule has 1 atom stereocenters. The molecule has 3 N–H and O–H groups in total. The Balaban J connectivity index is 2.01. The molecule has 0 aromatic heterocycles. The van der Waals surface area contributed by atoms with E-state index in [4.69, 9.17) is 16.3 Å². The van der Waals surface area contributed by atoms with E-state index in [1.807, 2.05) is 13.8 Å². The summed E-state index contributed by atoms with van der Waals surface area (Å²) in [4.78, 5) is 50.3. The third-order valence-electron chi connectivity index (χ3n) is 4.62. The number of ether oxygens (including phenoxy) is 1. The molecule has 10 heteroatoms. The fraction of sp³-hybridized carbons (Fsp3) is 0.524. The van der Waals surface area contributed by atoms with Gasteiger partial charge in [0.05, 0.1) is 30.3 Å². The number of piperazine rings is 1. The topological polar surface area (TPSA) is 117 Å². The molecular weight excluding hydrogens is 424 g/mol. The van der Waals surface area contributed by atoms with E-state index in [1.165, 1.54) is 0 Å². The maximum absolute atomic E-state index is 12.6. The highest BCUT2D eigenvalue weighted by Gasteiger charge is 2.33. The first kappa shape index (κ1) is 24.6. The van der Waals surface area contributed by atoms with Crippen LogP contribution in [-0.4, -0.2) is 60.9 Å². The average Bonchev–Trinajstić information content (AvgIpc) is 2.71. The first-order valence-corrected chi connectivity index (χ1v) is 10.8. The fourth-order valence-electron chi connectivity index (χ4n) is 3.13. The number of esters is 1. The van der Waals surface area contributed by atoms with Crippen LogP contribution in [0.3, 0.4) is 0 Å². The maximum atomic E-state index is 12.6. The number of rotatable bonds is 10. The summed E-state index contributed by atoms with van der Waals surface area (Å²) >= 11 is 6.18. The number of halogens is 1. The highest BCUT2D eigenvalue weighted by molar-refractivity contribution is 6.33. The lowest BCUT2D eigenvalue weighted by Gasteiger charge is -2.33. The summed E-state index contributed by atoms with van der Waals surface area (Å²) < 4.78 is 5.07. The standard InChI is InChI=1S/C21H29ClN4O5/c1-3-5-18(27)24-14-6-7-15(22)16(11-14)25-19(28)13-26-9-8-23-21(30)17(26)12-20(29)31-10-4-2/h6-7,11,17H,3-5,8-10,12-13H2,1-2H3,(H,23,30)(H,24,27)(H,25,28). The number of carbonyl (C=O) groups excluding carboxylic acids is 4. The molecule has 0 bridgehead atoms. The minimum atomic E-state index is -0.779. The van der Waals surface area contributed by atoms with Crippen molar-refractivity contribution in [3.05, 3.63) is 23.2 Å². The Morgan fingerprint density at radius 3 is 2.68 bits per heavy atom. The Hall–Kier alpha value is -2.65. The molecule has 1 aromatic carbocycles. The van der Waals surface area contributed by atoms with E-state index >= 15 is 0 Å². The van der Waals surface area contributed by atoms with Gasteiger partial charge in [0.25, 0.3) is 0 Å². The van der Waals surface area contributed by atoms with Gasteiger partial charge < -0.3 is 20.7 Å². The van der Waals surface area contributed by atoms with Gasteiger partial charge in [0.2, 0.25) is 17.7 Å². The molecular formula is C21H29ClN4O5. The molecule has 2 rings (SSSR count). The molecule has 1 aliphatic rings. The summed E-state index contributed by atoms with van der Waals surface area (Å²) in [6.45, 7) is 4.79. The average molecular weight is 453 g/mol. The quantitative estimate of drug-likeness (QED) is 0.468. The van der Waals surface area contributed by atoms with E-state index < -0.39 is 12.0 Å². The molecule has 1 unspecified atom stereocenters. The predicted molar refractivity (Wildman–Crippen MR) is 118 cm³/mol. The van der Waals surface area contributed by atoms with Crippen molar-refractivity contribution in [3.63, 3.8) is 0 Å². The number of nitrogens with zero attached hydrogens (tertiary/aromatic N) is 1. The van der Waals surface area contributed by atoms with Crippen LogP contribution in [0.5, 0.6) is 0 Å². The van der Waals surface area contributed by atoms with Crippen molar-refractivity contribution >= 4 is 46.7 Å². The van der Waals surface area contributed by atoms with Crippen LogP contribution in [0.15, 0.2) is 18.2 Å². The monoisotopic (exact) mass is 452 g/mol. The normalized spacial score (nSPS) is 16.4. The van der Waals surface area contributed by atoms with Crippen LogP contribution in [0, 0.1) is 0 Å². The molecule has 9 nitrogen and oxygen atoms in total. The molecule has 0 spiro atoms. The van der Waals surface area contributed by atoms with E-state index in [0.29, 0.717) is 42.3 Å². The van der Waals surface area contributed by atoms with Gasteiger partial charge in [-0.05, 0) is 31.0 Å². The fourth-order valence-corrected chi connectivity index (χ4v) is 3.29. The second kappa shape index (κ2) is 12.3. The summed E-state index contributed by atoms with van der Waals surface area (Å²) in [5, 5.41) is 8.49. The number of amides is 3. The first-order valence-electron chi connectivity index (χ1n) is 10.4. The Morgan fingerprint density at radius 2 is 1.97 bits per heavy atom. The Kier molecular flexibility index (Phi) is 9.74. The number of nitrogens with one attached hydrogen (secondary N) is 3. The Morgan fingerprint density at radius 1 is 1.19 bits per heavy atom. The maximum Gasteiger partial charge on any atom is 0.307 e. The van der Waals surface area contributed by atoms with E-state index in [-0.39, 0.29) is 37.3 Å². The largest absolute Gasteiger partial charge is 0.466 e. The number of carbonyl (C=O) groups is 4. The predicted octanol–water partition coefficient (Wildman–Crippen LogP) is 2.16. The second-order valence-electron chi connectivity index (χ2n) is 7.24. The summed E-state index contributed by atoms with van der Waals surface area (Å²) in [7, 11) is 0. The summed E-state index contributed by atoms with van der Waals surface area (Å²) in [6.07, 6.45) is 1.68. The van der Waals surface area contributed by atoms with Crippen molar-refractivity contribution in [2.75, 3.05) is 36.9 Å². The molecule has 0 aliphatic carbocycles. The zero-order valence-corrected chi connectivity index (χ0v) is 18.6. The zero-order chi connectivity index (χ0) is 22.8. The van der Waals surface area contributed by atoms with E-state index in [0.717, 1.165) is 6.42 Å². The molecule has 1 heterocycles. The SMILES string of the molecule is CCCOC(=O)CC1C(=O)NCCN1CC(=O)Nc1cc(NC(=O)CCC)ccc1Cl. The third-order valence-corrected chi connectivity index (χ3v) is 4.95. The van der Waals surface area contributed by atoms with Gasteiger partial charge >= 0.3 is 5.97 Å². The highest BCUT2D eigenvalue weighted by atomic mass is 35.5. The molecule has 1 aliphatic heterocycles. The molecule has 0 saturated carbocycles. The third kappa shape index (κ3) is 7.84. The van der Waals surface area contributed by atoms with Crippen LogP contribution in [0.4, 0.5) is 11.4 Å². The summed E-state index contributed by atoms with van der Waals surface area (Å²) in [6, 6.07) is 4.04. The van der Waals surface area contributed by atoms with Crippen LogP contribution < -0.4 is 16.0 Å². The lowest BCUT2D eigenvalue weighted by molar-refractivity contribution is -0.148. The van der Waals surface area contributed by atoms with Crippen LogP contribution in [0.2, 0.25) is 5.02 Å². The van der Waals surface area contributed by atoms with Gasteiger partial charge in [0.15, 0.2) is 0 Å². The van der Waals surface area contributed by atoms with Crippen LogP contribution in [-0.2, 0) is 23.9 Å². The molecule has 1 aromatic rings. The van der Waals surface area contributed by atoms with Crippen LogP contribution in [0.1, 0.15) is 39.5 Å². The Labute approximate surface area is 186 Å². The second-order valence-corrected chi connectivity index (χ2v) is 7.65. The van der Waals surface area contributed by atoms with Gasteiger partial charge in [-0.15, -0.1) is 0 Å². The van der Waals surface area contributed by atoms with Crippen molar-refractivity contribution in [3.8, 4) is 0 Å². The Bertz CT molecular complexity index is 817. The van der Waals surface area contributed by atoms with Crippen molar-refractivity contribution in [2.45, 2.75) is 45.6 Å². The molecule has 31 heavy (non-hydrogen) atoms.